The third-order valence-corrected chi connectivity index (χ3v) is 5.26. The van der Waals surface area contributed by atoms with Gasteiger partial charge in [0.05, 0.1) is 11.4 Å². The van der Waals surface area contributed by atoms with Gasteiger partial charge < -0.3 is 9.67 Å². The van der Waals surface area contributed by atoms with Gasteiger partial charge >= 0.3 is 5.97 Å². The Bertz CT molecular complexity index is 427. The van der Waals surface area contributed by atoms with Crippen molar-refractivity contribution in [1.82, 2.24) is 9.55 Å². The highest BCUT2D eigenvalue weighted by Gasteiger charge is 2.42. The fourth-order valence-electron chi connectivity index (χ4n) is 1.76. The molecule has 1 aliphatic rings. The molecule has 4 nitrogen and oxygen atoms in total. The van der Waals surface area contributed by atoms with Crippen LogP contribution >= 0.6 is 23.5 Å². The molecule has 6 heteroatoms. The zero-order chi connectivity index (χ0) is 12.5. The summed E-state index contributed by atoms with van der Waals surface area (Å²) in [6, 6.07) is 0. The molecule has 2 rings (SSSR count). The summed E-state index contributed by atoms with van der Waals surface area (Å²) >= 11 is 3.20. The van der Waals surface area contributed by atoms with Crippen molar-refractivity contribution >= 4 is 29.5 Å². The molecule has 1 N–H and O–H groups in total. The van der Waals surface area contributed by atoms with Crippen LogP contribution in [0.4, 0.5) is 0 Å². The van der Waals surface area contributed by atoms with Gasteiger partial charge in [-0.05, 0) is 26.0 Å². The van der Waals surface area contributed by atoms with Crippen LogP contribution in [0.25, 0.3) is 0 Å². The van der Waals surface area contributed by atoms with E-state index >= 15 is 0 Å². The minimum absolute atomic E-state index is 0.0721. The highest BCUT2D eigenvalue weighted by Crippen LogP contribution is 2.48. The van der Waals surface area contributed by atoms with Crippen molar-refractivity contribution in [2.45, 2.75) is 36.2 Å². The maximum absolute atomic E-state index is 10.6. The Balaban J connectivity index is 2.07. The van der Waals surface area contributed by atoms with Gasteiger partial charge in [-0.3, -0.25) is 4.79 Å². The highest BCUT2D eigenvalue weighted by molar-refractivity contribution is 8.00. The number of rotatable bonds is 6. The lowest BCUT2D eigenvalue weighted by molar-refractivity contribution is -0.133. The summed E-state index contributed by atoms with van der Waals surface area (Å²) in [6.07, 6.45) is 6.64. The molecule has 1 fully saturated rings. The van der Waals surface area contributed by atoms with Crippen molar-refractivity contribution in [3.63, 3.8) is 0 Å². The SMILES string of the molecule is CSC1(Cn2cc(C)nc2SCC(=O)O)CC1. The first kappa shape index (κ1) is 12.8. The van der Waals surface area contributed by atoms with E-state index in [4.69, 9.17) is 5.11 Å². The monoisotopic (exact) mass is 272 g/mol. The number of aliphatic carboxylic acids is 1. The maximum atomic E-state index is 10.6. The fourth-order valence-corrected chi connectivity index (χ4v) is 3.28. The normalized spacial score (nSPS) is 17.1. The quantitative estimate of drug-likeness (QED) is 0.805. The summed E-state index contributed by atoms with van der Waals surface area (Å²) < 4.78 is 2.47. The second-order valence-electron chi connectivity index (χ2n) is 4.36. The average Bonchev–Trinajstić information content (AvgIpc) is 2.95. The smallest absolute Gasteiger partial charge is 0.313 e. The molecule has 0 aliphatic heterocycles. The number of carboxylic acid groups (broad SMARTS) is 1. The zero-order valence-electron chi connectivity index (χ0n) is 9.97. The van der Waals surface area contributed by atoms with Crippen LogP contribution in [0.15, 0.2) is 11.4 Å². The number of hydrogen-bond acceptors (Lipinski definition) is 4. The largest absolute Gasteiger partial charge is 0.481 e. The second kappa shape index (κ2) is 4.94. The van der Waals surface area contributed by atoms with Crippen LogP contribution in [0, 0.1) is 6.92 Å². The number of carbonyl (C=O) groups is 1. The third-order valence-electron chi connectivity index (χ3n) is 2.88. The molecule has 0 radical (unpaired) electrons. The number of nitrogens with zero attached hydrogens (tertiary/aromatic N) is 2. The first-order valence-electron chi connectivity index (χ1n) is 5.48. The summed E-state index contributed by atoms with van der Waals surface area (Å²) in [5.74, 6) is -0.726. The topological polar surface area (TPSA) is 55.1 Å². The summed E-state index contributed by atoms with van der Waals surface area (Å²) in [6.45, 7) is 2.89. The predicted octanol–water partition coefficient (Wildman–Crippen LogP) is 2.26. The summed E-state index contributed by atoms with van der Waals surface area (Å²) in [4.78, 5) is 15.0. The van der Waals surface area contributed by atoms with Gasteiger partial charge in [0.1, 0.15) is 0 Å². The van der Waals surface area contributed by atoms with Gasteiger partial charge in [-0.1, -0.05) is 11.8 Å². The first-order valence-corrected chi connectivity index (χ1v) is 7.69. The second-order valence-corrected chi connectivity index (χ2v) is 6.58. The molecule has 1 aromatic rings. The fraction of sp³-hybridized carbons (Fsp3) is 0.636. The van der Waals surface area contributed by atoms with E-state index in [-0.39, 0.29) is 5.75 Å². The molecule has 94 valence electrons. The molecule has 0 aromatic carbocycles. The van der Waals surface area contributed by atoms with Crippen LogP contribution < -0.4 is 0 Å². The minimum atomic E-state index is -0.798. The van der Waals surface area contributed by atoms with E-state index < -0.39 is 5.97 Å². The van der Waals surface area contributed by atoms with Gasteiger partial charge in [-0.2, -0.15) is 11.8 Å². The van der Waals surface area contributed by atoms with Gasteiger partial charge in [0.2, 0.25) is 0 Å². The number of aromatic nitrogens is 2. The van der Waals surface area contributed by atoms with Crippen molar-refractivity contribution in [2.75, 3.05) is 12.0 Å². The van der Waals surface area contributed by atoms with E-state index in [9.17, 15) is 4.79 Å². The Morgan fingerprint density at radius 3 is 2.88 bits per heavy atom. The van der Waals surface area contributed by atoms with Gasteiger partial charge in [-0.25, -0.2) is 4.98 Å². The van der Waals surface area contributed by atoms with E-state index in [0.717, 1.165) is 17.4 Å². The number of carboxylic acids is 1. The van der Waals surface area contributed by atoms with Gasteiger partial charge in [0, 0.05) is 17.5 Å². The van der Waals surface area contributed by atoms with E-state index in [0.29, 0.717) is 4.75 Å². The Kier molecular flexibility index (Phi) is 3.73. The van der Waals surface area contributed by atoms with Gasteiger partial charge in [-0.15, -0.1) is 0 Å². The molecule has 0 amide bonds. The molecule has 0 unspecified atom stereocenters. The summed E-state index contributed by atoms with van der Waals surface area (Å²) in [7, 11) is 0. The molecule has 1 aromatic heterocycles. The van der Waals surface area contributed by atoms with Crippen molar-refractivity contribution < 1.29 is 9.90 Å². The van der Waals surface area contributed by atoms with Crippen molar-refractivity contribution in [3.8, 4) is 0 Å². The molecular formula is C11H16N2O2S2. The zero-order valence-corrected chi connectivity index (χ0v) is 11.6. The van der Waals surface area contributed by atoms with E-state index in [2.05, 4.69) is 15.8 Å². The summed E-state index contributed by atoms with van der Waals surface area (Å²) in [5.41, 5.74) is 0.954. The molecule has 0 bridgehead atoms. The van der Waals surface area contributed by atoms with Gasteiger partial charge in [0.25, 0.3) is 0 Å². The Morgan fingerprint density at radius 1 is 1.65 bits per heavy atom. The highest BCUT2D eigenvalue weighted by atomic mass is 32.2. The third kappa shape index (κ3) is 3.19. The molecular weight excluding hydrogens is 256 g/mol. The Hall–Kier alpha value is -0.620. The van der Waals surface area contributed by atoms with Crippen molar-refractivity contribution in [1.29, 1.82) is 0 Å². The maximum Gasteiger partial charge on any atom is 0.313 e. The number of imidazole rings is 1. The van der Waals surface area contributed by atoms with Crippen LogP contribution in [0.3, 0.4) is 0 Å². The Labute approximate surface area is 109 Å². The summed E-state index contributed by atoms with van der Waals surface area (Å²) in [5, 5.41) is 9.53. The molecule has 1 heterocycles. The van der Waals surface area contributed by atoms with E-state index in [1.54, 1.807) is 0 Å². The standard InChI is InChI=1S/C11H16N2O2S2/c1-8-5-13(7-11(16-2)3-4-11)10(12-8)17-6-9(14)15/h5H,3-4,6-7H2,1-2H3,(H,14,15). The van der Waals surface area contributed by atoms with Crippen molar-refractivity contribution in [3.05, 3.63) is 11.9 Å². The minimum Gasteiger partial charge on any atom is -0.481 e. The lowest BCUT2D eigenvalue weighted by Crippen LogP contribution is -2.14. The number of hydrogen-bond donors (Lipinski definition) is 1. The molecule has 0 spiro atoms. The van der Waals surface area contributed by atoms with Crippen molar-refractivity contribution in [2.24, 2.45) is 0 Å². The number of aryl methyl sites for hydroxylation is 1. The number of thioether (sulfide) groups is 2. The van der Waals surface area contributed by atoms with Crippen LogP contribution in [0.1, 0.15) is 18.5 Å². The van der Waals surface area contributed by atoms with Crippen LogP contribution in [-0.2, 0) is 11.3 Å². The first-order chi connectivity index (χ1) is 8.04. The molecule has 1 saturated carbocycles. The predicted molar refractivity (Wildman–Crippen MR) is 70.8 cm³/mol. The van der Waals surface area contributed by atoms with Crippen LogP contribution in [0.2, 0.25) is 0 Å². The van der Waals surface area contributed by atoms with Gasteiger partial charge in [0.15, 0.2) is 5.16 Å². The van der Waals surface area contributed by atoms with Crippen LogP contribution in [-0.4, -0.2) is 37.4 Å². The molecule has 1 aliphatic carbocycles. The average molecular weight is 272 g/mol. The lowest BCUT2D eigenvalue weighted by atomic mass is 10.4. The Morgan fingerprint density at radius 2 is 2.35 bits per heavy atom. The van der Waals surface area contributed by atoms with Crippen LogP contribution in [0.5, 0.6) is 0 Å². The molecule has 0 saturated heterocycles. The van der Waals surface area contributed by atoms with E-state index in [1.165, 1.54) is 24.6 Å². The van der Waals surface area contributed by atoms with E-state index in [1.807, 2.05) is 24.9 Å². The molecule has 17 heavy (non-hydrogen) atoms. The lowest BCUT2D eigenvalue weighted by Gasteiger charge is -2.14. The molecule has 0 atom stereocenters.